The molecular weight excluding hydrogens is 254 g/mol. The highest BCUT2D eigenvalue weighted by Gasteiger charge is 2.26. The SMILES string of the molecule is CCCCCCCC(NCCC)C1CCC(CCC)CC1. The number of hydrogen-bond acceptors (Lipinski definition) is 1. The Kier molecular flexibility index (Phi) is 11.3. The summed E-state index contributed by atoms with van der Waals surface area (Å²) in [6.07, 6.45) is 18.6. The van der Waals surface area contributed by atoms with Gasteiger partial charge in [-0.15, -0.1) is 0 Å². The highest BCUT2D eigenvalue weighted by molar-refractivity contribution is 4.82. The summed E-state index contributed by atoms with van der Waals surface area (Å²) in [5.74, 6) is 2.01. The molecule has 0 heterocycles. The van der Waals surface area contributed by atoms with Gasteiger partial charge in [-0.25, -0.2) is 0 Å². The summed E-state index contributed by atoms with van der Waals surface area (Å²) in [6.45, 7) is 8.16. The molecule has 1 aliphatic carbocycles. The van der Waals surface area contributed by atoms with Crippen LogP contribution in [-0.4, -0.2) is 12.6 Å². The van der Waals surface area contributed by atoms with Crippen molar-refractivity contribution in [2.75, 3.05) is 6.54 Å². The van der Waals surface area contributed by atoms with Crippen LogP contribution >= 0.6 is 0 Å². The molecule has 1 rings (SSSR count). The van der Waals surface area contributed by atoms with Crippen LogP contribution in [-0.2, 0) is 0 Å². The Labute approximate surface area is 134 Å². The van der Waals surface area contributed by atoms with Crippen molar-refractivity contribution in [1.29, 1.82) is 0 Å². The molecule has 0 aromatic carbocycles. The number of nitrogens with one attached hydrogen (secondary N) is 1. The van der Waals surface area contributed by atoms with E-state index in [-0.39, 0.29) is 0 Å². The van der Waals surface area contributed by atoms with E-state index in [1.165, 1.54) is 90.0 Å². The molecule has 0 aliphatic heterocycles. The van der Waals surface area contributed by atoms with Crippen LogP contribution in [0.25, 0.3) is 0 Å². The third kappa shape index (κ3) is 8.24. The quantitative estimate of drug-likeness (QED) is 0.415. The first-order chi connectivity index (χ1) is 10.3. The predicted octanol–water partition coefficient (Wildman–Crippen LogP) is 6.32. The van der Waals surface area contributed by atoms with E-state index in [9.17, 15) is 0 Å². The fourth-order valence-electron chi connectivity index (χ4n) is 4.09. The summed E-state index contributed by atoms with van der Waals surface area (Å²) in [4.78, 5) is 0. The van der Waals surface area contributed by atoms with Gasteiger partial charge in [0.15, 0.2) is 0 Å². The highest BCUT2D eigenvalue weighted by atomic mass is 14.9. The number of hydrogen-bond donors (Lipinski definition) is 1. The molecule has 1 unspecified atom stereocenters. The standard InChI is InChI=1S/C20H41N/c1-4-7-8-9-10-12-20(21-17-6-3)19-15-13-18(11-5-2)14-16-19/h18-21H,4-17H2,1-3H3. The lowest BCUT2D eigenvalue weighted by Gasteiger charge is -2.34. The van der Waals surface area contributed by atoms with Crippen molar-refractivity contribution in [1.82, 2.24) is 5.32 Å². The van der Waals surface area contributed by atoms with Crippen molar-refractivity contribution in [3.63, 3.8) is 0 Å². The van der Waals surface area contributed by atoms with Crippen molar-refractivity contribution >= 4 is 0 Å². The van der Waals surface area contributed by atoms with E-state index in [2.05, 4.69) is 26.1 Å². The highest BCUT2D eigenvalue weighted by Crippen LogP contribution is 2.34. The summed E-state index contributed by atoms with van der Waals surface area (Å²) >= 11 is 0. The van der Waals surface area contributed by atoms with Crippen LogP contribution in [0.5, 0.6) is 0 Å². The maximum atomic E-state index is 3.88. The fourth-order valence-corrected chi connectivity index (χ4v) is 4.09. The van der Waals surface area contributed by atoms with Gasteiger partial charge in [0.25, 0.3) is 0 Å². The van der Waals surface area contributed by atoms with Crippen molar-refractivity contribution in [2.45, 2.75) is 110 Å². The lowest BCUT2D eigenvalue weighted by Crippen LogP contribution is -2.38. The third-order valence-corrected chi connectivity index (χ3v) is 5.43. The average molecular weight is 296 g/mol. The molecule has 1 nitrogen and oxygen atoms in total. The summed E-state index contributed by atoms with van der Waals surface area (Å²) < 4.78 is 0. The predicted molar refractivity (Wildman–Crippen MR) is 95.8 cm³/mol. The van der Waals surface area contributed by atoms with E-state index in [4.69, 9.17) is 0 Å². The second-order valence-electron chi connectivity index (χ2n) is 7.33. The van der Waals surface area contributed by atoms with Gasteiger partial charge < -0.3 is 5.32 Å². The monoisotopic (exact) mass is 295 g/mol. The van der Waals surface area contributed by atoms with Gasteiger partial charge in [-0.3, -0.25) is 0 Å². The molecule has 1 saturated carbocycles. The van der Waals surface area contributed by atoms with E-state index in [1.54, 1.807) is 0 Å². The van der Waals surface area contributed by atoms with E-state index in [1.807, 2.05) is 0 Å². The Morgan fingerprint density at radius 2 is 1.52 bits per heavy atom. The van der Waals surface area contributed by atoms with Crippen LogP contribution in [0.2, 0.25) is 0 Å². The van der Waals surface area contributed by atoms with E-state index < -0.39 is 0 Å². The second kappa shape index (κ2) is 12.5. The molecule has 0 radical (unpaired) electrons. The first-order valence-electron chi connectivity index (χ1n) is 10.0. The molecule has 1 heteroatoms. The Morgan fingerprint density at radius 1 is 0.810 bits per heavy atom. The van der Waals surface area contributed by atoms with E-state index >= 15 is 0 Å². The average Bonchev–Trinajstić information content (AvgIpc) is 2.51. The molecular formula is C20H41N. The molecule has 0 spiro atoms. The number of rotatable bonds is 12. The smallest absolute Gasteiger partial charge is 0.00953 e. The maximum absolute atomic E-state index is 3.88. The van der Waals surface area contributed by atoms with Crippen LogP contribution in [0, 0.1) is 11.8 Å². The molecule has 1 atom stereocenters. The number of unbranched alkanes of at least 4 members (excludes halogenated alkanes) is 4. The summed E-state index contributed by atoms with van der Waals surface area (Å²) in [5.41, 5.74) is 0. The first kappa shape index (κ1) is 19.0. The van der Waals surface area contributed by atoms with Gasteiger partial charge in [0.1, 0.15) is 0 Å². The van der Waals surface area contributed by atoms with Crippen LogP contribution in [0.3, 0.4) is 0 Å². The van der Waals surface area contributed by atoms with Gasteiger partial charge in [-0.05, 0) is 44.1 Å². The van der Waals surface area contributed by atoms with Gasteiger partial charge >= 0.3 is 0 Å². The Balaban J connectivity index is 2.28. The topological polar surface area (TPSA) is 12.0 Å². The molecule has 0 bridgehead atoms. The van der Waals surface area contributed by atoms with Crippen LogP contribution in [0.4, 0.5) is 0 Å². The lowest BCUT2D eigenvalue weighted by atomic mass is 9.76. The zero-order valence-corrected chi connectivity index (χ0v) is 15.1. The summed E-state index contributed by atoms with van der Waals surface area (Å²) in [6, 6.07) is 0.814. The fraction of sp³-hybridized carbons (Fsp3) is 1.00. The lowest BCUT2D eigenvalue weighted by molar-refractivity contribution is 0.204. The van der Waals surface area contributed by atoms with Gasteiger partial charge in [0.2, 0.25) is 0 Å². The molecule has 0 saturated heterocycles. The van der Waals surface area contributed by atoms with Crippen LogP contribution in [0.1, 0.15) is 104 Å². The molecule has 0 aromatic rings. The maximum Gasteiger partial charge on any atom is 0.00953 e. The minimum Gasteiger partial charge on any atom is -0.314 e. The summed E-state index contributed by atoms with van der Waals surface area (Å²) in [5, 5.41) is 3.88. The van der Waals surface area contributed by atoms with Gasteiger partial charge in [-0.1, -0.05) is 78.6 Å². The van der Waals surface area contributed by atoms with Crippen molar-refractivity contribution in [3.8, 4) is 0 Å². The first-order valence-corrected chi connectivity index (χ1v) is 10.0. The largest absolute Gasteiger partial charge is 0.314 e. The molecule has 0 amide bonds. The Bertz CT molecular complexity index is 218. The van der Waals surface area contributed by atoms with E-state index in [0.717, 1.165) is 17.9 Å². The summed E-state index contributed by atoms with van der Waals surface area (Å²) in [7, 11) is 0. The van der Waals surface area contributed by atoms with Crippen molar-refractivity contribution < 1.29 is 0 Å². The third-order valence-electron chi connectivity index (χ3n) is 5.43. The minimum absolute atomic E-state index is 0.814. The Morgan fingerprint density at radius 3 is 2.14 bits per heavy atom. The van der Waals surface area contributed by atoms with Gasteiger partial charge in [0, 0.05) is 6.04 Å². The second-order valence-corrected chi connectivity index (χ2v) is 7.33. The molecule has 21 heavy (non-hydrogen) atoms. The van der Waals surface area contributed by atoms with Crippen molar-refractivity contribution in [2.24, 2.45) is 11.8 Å². The van der Waals surface area contributed by atoms with Crippen molar-refractivity contribution in [3.05, 3.63) is 0 Å². The van der Waals surface area contributed by atoms with Gasteiger partial charge in [-0.2, -0.15) is 0 Å². The molecule has 0 aromatic heterocycles. The van der Waals surface area contributed by atoms with Crippen LogP contribution in [0.15, 0.2) is 0 Å². The molecule has 1 fully saturated rings. The Hall–Kier alpha value is -0.0400. The minimum atomic E-state index is 0.814. The van der Waals surface area contributed by atoms with E-state index in [0.29, 0.717) is 0 Å². The zero-order chi connectivity index (χ0) is 15.3. The zero-order valence-electron chi connectivity index (χ0n) is 15.1. The molecule has 1 N–H and O–H groups in total. The molecule has 126 valence electrons. The van der Waals surface area contributed by atoms with Gasteiger partial charge in [0.05, 0.1) is 0 Å². The normalized spacial score (nSPS) is 24.1. The molecule has 1 aliphatic rings. The van der Waals surface area contributed by atoms with Crippen LogP contribution < -0.4 is 5.32 Å².